The van der Waals surface area contributed by atoms with Crippen molar-refractivity contribution in [3.05, 3.63) is 92.9 Å². The highest BCUT2D eigenvalue weighted by Gasteiger charge is 2.14. The van der Waals surface area contributed by atoms with Crippen LogP contribution in [0.3, 0.4) is 0 Å². The fraction of sp³-hybridized carbons (Fsp3) is 0.0870. The summed E-state index contributed by atoms with van der Waals surface area (Å²) >= 11 is 9.43. The van der Waals surface area contributed by atoms with Crippen LogP contribution in [0.1, 0.15) is 16.7 Å². The summed E-state index contributed by atoms with van der Waals surface area (Å²) in [5.74, 6) is -1.14. The van der Waals surface area contributed by atoms with Gasteiger partial charge in [-0.3, -0.25) is 9.59 Å². The lowest BCUT2D eigenvalue weighted by Crippen LogP contribution is -2.32. The van der Waals surface area contributed by atoms with Gasteiger partial charge in [0.2, 0.25) is 0 Å². The fourth-order valence-electron chi connectivity index (χ4n) is 2.59. The molecule has 0 aromatic heterocycles. The summed E-state index contributed by atoms with van der Waals surface area (Å²) in [6, 6.07) is 20.1. The Kier molecular flexibility index (Phi) is 7.81. The lowest BCUT2D eigenvalue weighted by atomic mass is 10.2. The predicted molar refractivity (Wildman–Crippen MR) is 125 cm³/mol. The second-order valence-electron chi connectivity index (χ2n) is 6.52. The molecular weight excluding hydrogens is 482 g/mol. The molecule has 0 bridgehead atoms. The number of anilines is 1. The molecule has 0 saturated heterocycles. The van der Waals surface area contributed by atoms with Gasteiger partial charge in [0.25, 0.3) is 0 Å². The summed E-state index contributed by atoms with van der Waals surface area (Å²) in [4.78, 5) is 24.2. The minimum atomic E-state index is -0.899. The molecule has 0 atom stereocenters. The van der Waals surface area contributed by atoms with Gasteiger partial charge < -0.3 is 10.1 Å². The van der Waals surface area contributed by atoms with Crippen LogP contribution < -0.4 is 15.5 Å². The average molecular weight is 501 g/mol. The van der Waals surface area contributed by atoms with Crippen molar-refractivity contribution in [2.45, 2.75) is 13.5 Å². The van der Waals surface area contributed by atoms with Gasteiger partial charge >= 0.3 is 11.8 Å². The van der Waals surface area contributed by atoms with Gasteiger partial charge in [0.15, 0.2) is 0 Å². The van der Waals surface area contributed by atoms with Crippen LogP contribution in [0.25, 0.3) is 0 Å². The predicted octanol–water partition coefficient (Wildman–Crippen LogP) is 5.08. The summed E-state index contributed by atoms with van der Waals surface area (Å²) in [6.45, 7) is 2.13. The molecule has 2 N–H and O–H groups in total. The van der Waals surface area contributed by atoms with Crippen molar-refractivity contribution in [3.8, 4) is 5.75 Å². The number of ether oxygens (including phenoxy) is 1. The Morgan fingerprint density at radius 2 is 1.77 bits per heavy atom. The van der Waals surface area contributed by atoms with Crippen molar-refractivity contribution >= 4 is 51.2 Å². The van der Waals surface area contributed by atoms with Crippen molar-refractivity contribution < 1.29 is 14.3 Å². The normalized spacial score (nSPS) is 10.7. The molecule has 0 aliphatic heterocycles. The van der Waals surface area contributed by atoms with Crippen molar-refractivity contribution in [1.29, 1.82) is 0 Å². The highest BCUT2D eigenvalue weighted by atomic mass is 79.9. The zero-order chi connectivity index (χ0) is 22.2. The summed E-state index contributed by atoms with van der Waals surface area (Å²) in [5.41, 5.74) is 5.02. The van der Waals surface area contributed by atoms with Crippen molar-refractivity contribution in [3.63, 3.8) is 0 Å². The number of carbonyl (C=O) groups excluding carboxylic acids is 2. The van der Waals surface area contributed by atoms with Gasteiger partial charge in [-0.1, -0.05) is 57.9 Å². The van der Waals surface area contributed by atoms with E-state index in [-0.39, 0.29) is 0 Å². The van der Waals surface area contributed by atoms with Crippen LogP contribution in [0.5, 0.6) is 5.75 Å². The van der Waals surface area contributed by atoms with Gasteiger partial charge in [0.1, 0.15) is 12.4 Å². The van der Waals surface area contributed by atoms with E-state index in [0.29, 0.717) is 34.2 Å². The Balaban J connectivity index is 1.58. The number of nitrogens with one attached hydrogen (secondary N) is 2. The molecule has 0 aliphatic carbocycles. The molecule has 0 radical (unpaired) electrons. The van der Waals surface area contributed by atoms with Crippen LogP contribution in [0.4, 0.5) is 5.69 Å². The van der Waals surface area contributed by atoms with E-state index in [1.807, 2.05) is 36.4 Å². The van der Waals surface area contributed by atoms with E-state index in [2.05, 4.69) is 31.8 Å². The number of carbonyl (C=O) groups is 2. The molecule has 3 aromatic rings. The summed E-state index contributed by atoms with van der Waals surface area (Å²) in [6.07, 6.45) is 1.42. The molecule has 6 nitrogen and oxygen atoms in total. The Hall–Kier alpha value is -3.16. The molecule has 3 rings (SSSR count). The lowest BCUT2D eigenvalue weighted by Gasteiger charge is -2.09. The third-order valence-electron chi connectivity index (χ3n) is 4.32. The zero-order valence-corrected chi connectivity index (χ0v) is 18.9. The van der Waals surface area contributed by atoms with Crippen LogP contribution in [0.2, 0.25) is 5.02 Å². The van der Waals surface area contributed by atoms with E-state index in [1.165, 1.54) is 6.21 Å². The first kappa shape index (κ1) is 22.5. The van der Waals surface area contributed by atoms with Crippen molar-refractivity contribution in [1.82, 2.24) is 5.43 Å². The second kappa shape index (κ2) is 10.7. The Morgan fingerprint density at radius 3 is 2.55 bits per heavy atom. The van der Waals surface area contributed by atoms with E-state index >= 15 is 0 Å². The number of hydrogen-bond acceptors (Lipinski definition) is 4. The van der Waals surface area contributed by atoms with Crippen LogP contribution >= 0.6 is 27.5 Å². The topological polar surface area (TPSA) is 79.8 Å². The summed E-state index contributed by atoms with van der Waals surface area (Å²) < 4.78 is 6.85. The molecule has 0 heterocycles. The van der Waals surface area contributed by atoms with E-state index in [4.69, 9.17) is 16.3 Å². The van der Waals surface area contributed by atoms with Crippen molar-refractivity contribution in [2.24, 2.45) is 5.10 Å². The Morgan fingerprint density at radius 1 is 1.03 bits per heavy atom. The van der Waals surface area contributed by atoms with Gasteiger partial charge in [-0.2, -0.15) is 5.10 Å². The largest absolute Gasteiger partial charge is 0.488 e. The average Bonchev–Trinajstić information content (AvgIpc) is 2.77. The van der Waals surface area contributed by atoms with Gasteiger partial charge in [-0.25, -0.2) is 5.43 Å². The lowest BCUT2D eigenvalue weighted by molar-refractivity contribution is -0.136. The van der Waals surface area contributed by atoms with E-state index in [0.717, 1.165) is 10.0 Å². The van der Waals surface area contributed by atoms with Crippen LogP contribution in [-0.2, 0) is 16.2 Å². The molecule has 0 saturated carbocycles. The fourth-order valence-corrected chi connectivity index (χ4v) is 3.03. The quantitative estimate of drug-likeness (QED) is 0.281. The summed E-state index contributed by atoms with van der Waals surface area (Å²) in [5, 5.41) is 6.89. The molecule has 0 aliphatic rings. The number of amides is 2. The maximum Gasteiger partial charge on any atom is 0.329 e. The van der Waals surface area contributed by atoms with Crippen LogP contribution in [0, 0.1) is 6.92 Å². The number of nitrogens with zero attached hydrogens (tertiary/aromatic N) is 1. The third kappa shape index (κ3) is 6.41. The molecule has 8 heteroatoms. The molecule has 0 unspecified atom stereocenters. The molecular formula is C23H19BrClN3O3. The standard InChI is InChI=1S/C23H19BrClN3O3/c1-15-19(25)6-4-7-20(15)27-22(29)23(30)28-26-13-17-5-2-3-8-21(17)31-14-16-9-11-18(24)12-10-16/h2-13H,14H2,1H3,(H,27,29)(H,28,30). The van der Waals surface area contributed by atoms with Gasteiger partial charge in [0, 0.05) is 20.7 Å². The zero-order valence-electron chi connectivity index (χ0n) is 16.6. The molecule has 0 fully saturated rings. The first-order valence-corrected chi connectivity index (χ1v) is 10.5. The van der Waals surface area contributed by atoms with Gasteiger partial charge in [-0.15, -0.1) is 0 Å². The molecule has 3 aromatic carbocycles. The maximum atomic E-state index is 12.1. The number of hydrogen-bond donors (Lipinski definition) is 2. The maximum absolute atomic E-state index is 12.1. The van der Waals surface area contributed by atoms with E-state index in [9.17, 15) is 9.59 Å². The SMILES string of the molecule is Cc1c(Cl)cccc1NC(=O)C(=O)NN=Cc1ccccc1OCc1ccc(Br)cc1. The Labute approximate surface area is 193 Å². The number of benzene rings is 3. The highest BCUT2D eigenvalue weighted by Crippen LogP contribution is 2.23. The van der Waals surface area contributed by atoms with E-state index in [1.54, 1.807) is 37.3 Å². The molecule has 2 amide bonds. The summed E-state index contributed by atoms with van der Waals surface area (Å²) in [7, 11) is 0. The number of rotatable bonds is 6. The van der Waals surface area contributed by atoms with Crippen LogP contribution in [-0.4, -0.2) is 18.0 Å². The molecule has 31 heavy (non-hydrogen) atoms. The smallest absolute Gasteiger partial charge is 0.329 e. The first-order valence-electron chi connectivity index (χ1n) is 9.30. The van der Waals surface area contributed by atoms with Gasteiger partial charge in [-0.05, 0) is 54.4 Å². The second-order valence-corrected chi connectivity index (χ2v) is 7.84. The van der Waals surface area contributed by atoms with E-state index < -0.39 is 11.8 Å². The number of halogens is 2. The molecule has 158 valence electrons. The molecule has 0 spiro atoms. The van der Waals surface area contributed by atoms with Crippen LogP contribution in [0.15, 0.2) is 76.3 Å². The highest BCUT2D eigenvalue weighted by molar-refractivity contribution is 9.10. The third-order valence-corrected chi connectivity index (χ3v) is 5.26. The van der Waals surface area contributed by atoms with Crippen molar-refractivity contribution in [2.75, 3.05) is 5.32 Å². The minimum absolute atomic E-state index is 0.381. The minimum Gasteiger partial charge on any atom is -0.488 e. The number of hydrazone groups is 1. The monoisotopic (exact) mass is 499 g/mol. The first-order chi connectivity index (χ1) is 14.9. The number of para-hydroxylation sites is 1. The Bertz CT molecular complexity index is 1120. The van der Waals surface area contributed by atoms with Gasteiger partial charge in [0.05, 0.1) is 6.21 Å².